The Kier molecular flexibility index (Phi) is 4.34. The molecule has 0 aromatic heterocycles. The number of carbonyl (C=O) groups excluding carboxylic acids is 1. The van der Waals surface area contributed by atoms with Crippen LogP contribution in [-0.2, 0) is 0 Å². The van der Waals surface area contributed by atoms with Crippen LogP contribution in [0.1, 0.15) is 10.4 Å². The van der Waals surface area contributed by atoms with Crippen LogP contribution in [0.2, 0.25) is 0 Å². The Morgan fingerprint density at radius 1 is 0.950 bits per heavy atom. The molecule has 0 fully saturated rings. The predicted molar refractivity (Wildman–Crippen MR) is 75.4 cm³/mol. The van der Waals surface area contributed by atoms with E-state index in [-0.39, 0.29) is 0 Å². The van der Waals surface area contributed by atoms with Crippen LogP contribution < -0.4 is 5.32 Å². The van der Waals surface area contributed by atoms with Crippen LogP contribution >= 0.6 is 0 Å². The topological polar surface area (TPSA) is 89.8 Å². The lowest BCUT2D eigenvalue weighted by Gasteiger charge is -2.28. The van der Waals surface area contributed by atoms with E-state index in [1.54, 1.807) is 12.1 Å². The molecule has 0 bridgehead atoms. The van der Waals surface area contributed by atoms with Crippen LogP contribution in [-0.4, -0.2) is 46.6 Å². The van der Waals surface area contributed by atoms with Crippen LogP contribution in [0.15, 0.2) is 42.5 Å². The van der Waals surface area contributed by atoms with E-state index >= 15 is 0 Å². The number of rotatable bonds is 5. The maximum atomic E-state index is 12.1. The van der Waals surface area contributed by atoms with Crippen molar-refractivity contribution >= 4 is 16.7 Å². The third-order valence-corrected chi connectivity index (χ3v) is 3.30. The van der Waals surface area contributed by atoms with Gasteiger partial charge in [-0.25, -0.2) is 0 Å². The lowest BCUT2D eigenvalue weighted by atomic mass is 10.0. The van der Waals surface area contributed by atoms with Gasteiger partial charge in [0.2, 0.25) is 0 Å². The second-order valence-corrected chi connectivity index (χ2v) is 4.77. The van der Waals surface area contributed by atoms with Crippen molar-refractivity contribution in [3.05, 3.63) is 48.0 Å². The first-order valence-electron chi connectivity index (χ1n) is 6.28. The molecule has 0 saturated heterocycles. The average Bonchev–Trinajstić information content (AvgIpc) is 2.52. The number of carbonyl (C=O) groups is 1. The maximum Gasteiger partial charge on any atom is 0.251 e. The Bertz CT molecular complexity index is 599. The first-order valence-corrected chi connectivity index (χ1v) is 6.28. The second-order valence-electron chi connectivity index (χ2n) is 4.77. The Hall–Kier alpha value is -1.95. The highest BCUT2D eigenvalue weighted by Crippen LogP contribution is 2.16. The number of fused-ring (bicyclic) bond motifs is 1. The van der Waals surface area contributed by atoms with Crippen molar-refractivity contribution in [3.63, 3.8) is 0 Å². The lowest BCUT2D eigenvalue weighted by Crippen LogP contribution is -2.57. The summed E-state index contributed by atoms with van der Waals surface area (Å²) in [5, 5.41) is 32.0. The molecule has 20 heavy (non-hydrogen) atoms. The fourth-order valence-corrected chi connectivity index (χ4v) is 1.91. The van der Waals surface area contributed by atoms with E-state index in [1.165, 1.54) is 0 Å². The molecule has 0 saturated carbocycles. The molecule has 0 unspecified atom stereocenters. The van der Waals surface area contributed by atoms with Gasteiger partial charge in [0.1, 0.15) is 5.54 Å². The van der Waals surface area contributed by atoms with E-state index in [2.05, 4.69) is 5.32 Å². The van der Waals surface area contributed by atoms with E-state index < -0.39 is 31.3 Å². The first-order chi connectivity index (χ1) is 9.64. The van der Waals surface area contributed by atoms with E-state index in [1.807, 2.05) is 30.3 Å². The van der Waals surface area contributed by atoms with E-state index in [0.29, 0.717) is 5.56 Å². The first kappa shape index (κ1) is 14.5. The van der Waals surface area contributed by atoms with E-state index in [4.69, 9.17) is 0 Å². The van der Waals surface area contributed by atoms with Crippen LogP contribution in [0, 0.1) is 0 Å². The van der Waals surface area contributed by atoms with E-state index in [0.717, 1.165) is 10.8 Å². The minimum absolute atomic E-state index is 0.406. The van der Waals surface area contributed by atoms with Crippen LogP contribution in [0.4, 0.5) is 0 Å². The summed E-state index contributed by atoms with van der Waals surface area (Å²) in [4.78, 5) is 12.1. The number of hydrogen-bond acceptors (Lipinski definition) is 4. The standard InChI is InChI=1S/C15H17NO4/c17-8-15(9-18,10-19)16-14(20)13-6-5-11-3-1-2-4-12(11)7-13/h1-7,17-19H,8-10H2,(H,16,20). The molecule has 5 nitrogen and oxygen atoms in total. The Balaban J connectivity index is 2.27. The zero-order chi connectivity index (χ0) is 14.6. The molecule has 0 atom stereocenters. The number of amides is 1. The van der Waals surface area contributed by atoms with Crippen molar-refractivity contribution < 1.29 is 20.1 Å². The summed E-state index contributed by atoms with van der Waals surface area (Å²) < 4.78 is 0. The molecule has 0 aliphatic rings. The van der Waals surface area contributed by atoms with Crippen LogP contribution in [0.3, 0.4) is 0 Å². The third-order valence-electron chi connectivity index (χ3n) is 3.30. The van der Waals surface area contributed by atoms with Crippen molar-refractivity contribution in [2.45, 2.75) is 5.54 Å². The van der Waals surface area contributed by atoms with Crippen LogP contribution in [0.25, 0.3) is 10.8 Å². The summed E-state index contributed by atoms with van der Waals surface area (Å²) in [7, 11) is 0. The molecule has 106 valence electrons. The van der Waals surface area contributed by atoms with Crippen molar-refractivity contribution in [1.29, 1.82) is 0 Å². The van der Waals surface area contributed by atoms with E-state index in [9.17, 15) is 20.1 Å². The Labute approximate surface area is 116 Å². The average molecular weight is 275 g/mol. The molecular weight excluding hydrogens is 258 g/mol. The molecule has 0 aliphatic heterocycles. The number of aliphatic hydroxyl groups excluding tert-OH is 3. The van der Waals surface area contributed by atoms with Gasteiger partial charge in [-0.15, -0.1) is 0 Å². The van der Waals surface area contributed by atoms with Gasteiger partial charge >= 0.3 is 0 Å². The summed E-state index contributed by atoms with van der Waals surface area (Å²) >= 11 is 0. The quantitative estimate of drug-likeness (QED) is 0.631. The number of hydrogen-bond donors (Lipinski definition) is 4. The van der Waals surface area contributed by atoms with Gasteiger partial charge in [-0.05, 0) is 22.9 Å². The van der Waals surface area contributed by atoms with Gasteiger partial charge in [0.05, 0.1) is 19.8 Å². The van der Waals surface area contributed by atoms with Gasteiger partial charge in [0.15, 0.2) is 0 Å². The molecule has 2 aromatic carbocycles. The normalized spacial score (nSPS) is 11.6. The lowest BCUT2D eigenvalue weighted by molar-refractivity contribution is 0.0375. The van der Waals surface area contributed by atoms with Gasteiger partial charge in [-0.2, -0.15) is 0 Å². The Morgan fingerprint density at radius 3 is 2.15 bits per heavy atom. The molecule has 2 rings (SSSR count). The fourth-order valence-electron chi connectivity index (χ4n) is 1.91. The summed E-state index contributed by atoms with van der Waals surface area (Å²) in [5.41, 5.74) is -1.01. The van der Waals surface area contributed by atoms with Gasteiger partial charge < -0.3 is 20.6 Å². The highest BCUT2D eigenvalue weighted by Gasteiger charge is 2.30. The predicted octanol–water partition coefficient (Wildman–Crippen LogP) is 0.285. The van der Waals surface area contributed by atoms with Gasteiger partial charge in [-0.3, -0.25) is 4.79 Å². The monoisotopic (exact) mass is 275 g/mol. The number of nitrogens with one attached hydrogen (secondary N) is 1. The molecule has 1 amide bonds. The molecule has 4 N–H and O–H groups in total. The third kappa shape index (κ3) is 2.80. The van der Waals surface area contributed by atoms with Crippen molar-refractivity contribution in [1.82, 2.24) is 5.32 Å². The highest BCUT2D eigenvalue weighted by molar-refractivity contribution is 5.98. The molecule has 0 radical (unpaired) electrons. The molecule has 2 aromatic rings. The Morgan fingerprint density at radius 2 is 1.55 bits per heavy atom. The zero-order valence-corrected chi connectivity index (χ0v) is 10.9. The minimum atomic E-state index is -1.41. The largest absolute Gasteiger partial charge is 0.394 e. The van der Waals surface area contributed by atoms with Gasteiger partial charge in [-0.1, -0.05) is 30.3 Å². The molecule has 0 aliphatic carbocycles. The molecule has 0 spiro atoms. The maximum absolute atomic E-state index is 12.1. The smallest absolute Gasteiger partial charge is 0.251 e. The zero-order valence-electron chi connectivity index (χ0n) is 10.9. The summed E-state index contributed by atoms with van der Waals surface area (Å²) in [6.45, 7) is -1.63. The summed E-state index contributed by atoms with van der Waals surface area (Å²) in [5.74, 6) is -0.451. The van der Waals surface area contributed by atoms with Gasteiger partial charge in [0.25, 0.3) is 5.91 Å². The van der Waals surface area contributed by atoms with Crippen LogP contribution in [0.5, 0.6) is 0 Å². The molecule has 0 heterocycles. The molecular formula is C15H17NO4. The number of benzene rings is 2. The van der Waals surface area contributed by atoms with Crippen molar-refractivity contribution in [3.8, 4) is 0 Å². The fraction of sp³-hybridized carbons (Fsp3) is 0.267. The minimum Gasteiger partial charge on any atom is -0.394 e. The van der Waals surface area contributed by atoms with Crippen molar-refractivity contribution in [2.24, 2.45) is 0 Å². The molecule has 5 heteroatoms. The summed E-state index contributed by atoms with van der Waals surface area (Å²) in [6, 6.07) is 12.8. The highest BCUT2D eigenvalue weighted by atomic mass is 16.3. The summed E-state index contributed by atoms with van der Waals surface area (Å²) in [6.07, 6.45) is 0. The van der Waals surface area contributed by atoms with Gasteiger partial charge in [0, 0.05) is 5.56 Å². The SMILES string of the molecule is O=C(NC(CO)(CO)CO)c1ccc2ccccc2c1. The number of aliphatic hydroxyl groups is 3. The second kappa shape index (κ2) is 6.00. The van der Waals surface area contributed by atoms with Crippen molar-refractivity contribution in [2.75, 3.05) is 19.8 Å².